The van der Waals surface area contributed by atoms with Gasteiger partial charge in [-0.25, -0.2) is 0 Å². The van der Waals surface area contributed by atoms with E-state index in [1.165, 1.54) is 19.3 Å². The zero-order valence-corrected chi connectivity index (χ0v) is 15.4. The third-order valence-corrected chi connectivity index (χ3v) is 5.74. The molecule has 1 aliphatic carbocycles. The number of hydrogen-bond donors (Lipinski definition) is 0. The Hall–Kier alpha value is -1.80. The van der Waals surface area contributed by atoms with E-state index >= 15 is 0 Å². The standard InChI is InChI=1S/C17H27N7O/c1-12-18-19-15(23(12)3)10-22(2)14-7-8-24(9-14)11-16-20-21-17(25-16)13-5-4-6-13/h13-14H,4-11H2,1-3H3/t14-/m0/s1. The molecule has 2 aromatic rings. The summed E-state index contributed by atoms with van der Waals surface area (Å²) in [7, 11) is 4.19. The van der Waals surface area contributed by atoms with Gasteiger partial charge in [0.1, 0.15) is 11.6 Å². The topological polar surface area (TPSA) is 76.1 Å². The molecule has 0 spiro atoms. The van der Waals surface area contributed by atoms with Crippen molar-refractivity contribution >= 4 is 0 Å². The van der Waals surface area contributed by atoms with E-state index in [0.29, 0.717) is 12.0 Å². The van der Waals surface area contributed by atoms with Gasteiger partial charge in [-0.3, -0.25) is 9.80 Å². The third-order valence-electron chi connectivity index (χ3n) is 5.74. The van der Waals surface area contributed by atoms with Crippen molar-refractivity contribution in [1.82, 2.24) is 34.8 Å². The molecular formula is C17H27N7O. The Morgan fingerprint density at radius 2 is 2.00 bits per heavy atom. The SMILES string of the molecule is Cc1nnc(CN(C)[C@H]2CCN(Cc3nnc(C4CCC4)o3)C2)n1C. The first-order chi connectivity index (χ1) is 12.1. The highest BCUT2D eigenvalue weighted by Crippen LogP contribution is 2.35. The smallest absolute Gasteiger partial charge is 0.230 e. The lowest BCUT2D eigenvalue weighted by molar-refractivity contribution is 0.208. The Kier molecular flexibility index (Phi) is 4.56. The lowest BCUT2D eigenvalue weighted by Gasteiger charge is -2.24. The van der Waals surface area contributed by atoms with E-state index in [0.717, 1.165) is 56.0 Å². The molecule has 2 fully saturated rings. The van der Waals surface area contributed by atoms with Crippen LogP contribution in [0.25, 0.3) is 0 Å². The molecule has 1 aliphatic heterocycles. The van der Waals surface area contributed by atoms with Crippen LogP contribution in [0, 0.1) is 6.92 Å². The van der Waals surface area contributed by atoms with E-state index in [-0.39, 0.29) is 0 Å². The minimum absolute atomic E-state index is 0.508. The number of likely N-dealkylation sites (N-methyl/N-ethyl adjacent to an activating group) is 1. The molecule has 2 aliphatic rings. The van der Waals surface area contributed by atoms with E-state index in [9.17, 15) is 0 Å². The number of rotatable bonds is 6. The molecule has 3 heterocycles. The van der Waals surface area contributed by atoms with Crippen molar-refractivity contribution in [3.8, 4) is 0 Å². The van der Waals surface area contributed by atoms with Crippen molar-refractivity contribution in [3.05, 3.63) is 23.4 Å². The van der Waals surface area contributed by atoms with Gasteiger partial charge < -0.3 is 8.98 Å². The van der Waals surface area contributed by atoms with Crippen molar-refractivity contribution < 1.29 is 4.42 Å². The summed E-state index contributed by atoms with van der Waals surface area (Å²) in [6.45, 7) is 5.65. The zero-order valence-electron chi connectivity index (χ0n) is 15.4. The molecular weight excluding hydrogens is 318 g/mol. The van der Waals surface area contributed by atoms with Gasteiger partial charge in [0.25, 0.3) is 0 Å². The molecule has 0 aromatic carbocycles. The molecule has 1 atom stereocenters. The summed E-state index contributed by atoms with van der Waals surface area (Å²) in [5.41, 5.74) is 0. The maximum atomic E-state index is 5.86. The number of hydrogen-bond acceptors (Lipinski definition) is 7. The van der Waals surface area contributed by atoms with Crippen molar-refractivity contribution in [2.75, 3.05) is 20.1 Å². The van der Waals surface area contributed by atoms with Crippen molar-refractivity contribution in [3.63, 3.8) is 0 Å². The van der Waals surface area contributed by atoms with Crippen LogP contribution in [-0.4, -0.2) is 60.9 Å². The van der Waals surface area contributed by atoms with E-state index in [1.54, 1.807) is 0 Å². The third kappa shape index (κ3) is 3.46. The second-order valence-corrected chi connectivity index (χ2v) is 7.48. The first-order valence-electron chi connectivity index (χ1n) is 9.20. The molecule has 25 heavy (non-hydrogen) atoms. The quantitative estimate of drug-likeness (QED) is 0.785. The average molecular weight is 345 g/mol. The van der Waals surface area contributed by atoms with Crippen LogP contribution in [-0.2, 0) is 20.1 Å². The normalized spacial score (nSPS) is 22.0. The van der Waals surface area contributed by atoms with Crippen molar-refractivity contribution in [2.45, 2.75) is 57.7 Å². The summed E-state index contributed by atoms with van der Waals surface area (Å²) >= 11 is 0. The Bertz CT molecular complexity index is 720. The van der Waals surface area contributed by atoms with Gasteiger partial charge in [-0.1, -0.05) is 6.42 Å². The van der Waals surface area contributed by atoms with Crippen LogP contribution in [0.1, 0.15) is 55.0 Å². The first kappa shape index (κ1) is 16.7. The van der Waals surface area contributed by atoms with E-state index in [2.05, 4.69) is 41.8 Å². The molecule has 8 nitrogen and oxygen atoms in total. The van der Waals surface area contributed by atoms with E-state index in [4.69, 9.17) is 4.42 Å². The van der Waals surface area contributed by atoms with Crippen LogP contribution in [0.4, 0.5) is 0 Å². The highest BCUT2D eigenvalue weighted by molar-refractivity contribution is 4.97. The predicted octanol–water partition coefficient (Wildman–Crippen LogP) is 1.48. The average Bonchev–Trinajstić information content (AvgIpc) is 3.24. The molecule has 0 bridgehead atoms. The van der Waals surface area contributed by atoms with Crippen LogP contribution >= 0.6 is 0 Å². The first-order valence-corrected chi connectivity index (χ1v) is 9.20. The highest BCUT2D eigenvalue weighted by atomic mass is 16.4. The minimum Gasteiger partial charge on any atom is -0.424 e. The van der Waals surface area contributed by atoms with Gasteiger partial charge >= 0.3 is 0 Å². The summed E-state index contributed by atoms with van der Waals surface area (Å²) in [4.78, 5) is 4.78. The van der Waals surface area contributed by atoms with Gasteiger partial charge in [0, 0.05) is 32.1 Å². The van der Waals surface area contributed by atoms with Crippen LogP contribution in [0.5, 0.6) is 0 Å². The van der Waals surface area contributed by atoms with E-state index in [1.807, 2.05) is 14.0 Å². The highest BCUT2D eigenvalue weighted by Gasteiger charge is 2.29. The molecule has 2 aromatic heterocycles. The maximum Gasteiger partial charge on any atom is 0.230 e. The molecule has 136 valence electrons. The molecule has 0 radical (unpaired) electrons. The fraction of sp³-hybridized carbons (Fsp3) is 0.765. The van der Waals surface area contributed by atoms with Gasteiger partial charge in [-0.2, -0.15) is 0 Å². The van der Waals surface area contributed by atoms with Crippen LogP contribution in [0.2, 0.25) is 0 Å². The van der Waals surface area contributed by atoms with Crippen LogP contribution < -0.4 is 0 Å². The summed E-state index contributed by atoms with van der Waals surface area (Å²) < 4.78 is 7.92. The molecule has 1 saturated heterocycles. The number of nitrogens with zero attached hydrogens (tertiary/aromatic N) is 7. The second kappa shape index (κ2) is 6.84. The zero-order chi connectivity index (χ0) is 17.4. The van der Waals surface area contributed by atoms with Crippen LogP contribution in [0.15, 0.2) is 4.42 Å². The van der Waals surface area contributed by atoms with Crippen molar-refractivity contribution in [1.29, 1.82) is 0 Å². The molecule has 4 rings (SSSR count). The lowest BCUT2D eigenvalue weighted by atomic mass is 9.85. The second-order valence-electron chi connectivity index (χ2n) is 7.48. The monoisotopic (exact) mass is 345 g/mol. The Labute approximate surface area is 148 Å². The Morgan fingerprint density at radius 1 is 1.16 bits per heavy atom. The summed E-state index contributed by atoms with van der Waals surface area (Å²) in [6.07, 6.45) is 4.82. The summed E-state index contributed by atoms with van der Waals surface area (Å²) in [5.74, 6) is 4.07. The van der Waals surface area contributed by atoms with Crippen molar-refractivity contribution in [2.24, 2.45) is 7.05 Å². The molecule has 0 unspecified atom stereocenters. The van der Waals surface area contributed by atoms with Gasteiger partial charge in [0.05, 0.1) is 13.1 Å². The maximum absolute atomic E-state index is 5.86. The van der Waals surface area contributed by atoms with Gasteiger partial charge in [0.2, 0.25) is 11.8 Å². The lowest BCUT2D eigenvalue weighted by Crippen LogP contribution is -2.34. The molecule has 1 saturated carbocycles. The van der Waals surface area contributed by atoms with Gasteiger partial charge in [0.15, 0.2) is 0 Å². The Morgan fingerprint density at radius 3 is 2.68 bits per heavy atom. The number of aryl methyl sites for hydroxylation is 1. The fourth-order valence-corrected chi connectivity index (χ4v) is 3.60. The van der Waals surface area contributed by atoms with Gasteiger partial charge in [-0.05, 0) is 33.2 Å². The number of likely N-dealkylation sites (tertiary alicyclic amines) is 1. The summed E-state index contributed by atoms with van der Waals surface area (Å²) in [6, 6.07) is 0.519. The largest absolute Gasteiger partial charge is 0.424 e. The molecule has 0 N–H and O–H groups in total. The molecule has 0 amide bonds. The molecule has 8 heteroatoms. The van der Waals surface area contributed by atoms with Gasteiger partial charge in [-0.15, -0.1) is 20.4 Å². The number of aromatic nitrogens is 5. The predicted molar refractivity (Wildman–Crippen MR) is 91.8 cm³/mol. The van der Waals surface area contributed by atoms with Crippen LogP contribution in [0.3, 0.4) is 0 Å². The fourth-order valence-electron chi connectivity index (χ4n) is 3.60. The Balaban J connectivity index is 1.30. The minimum atomic E-state index is 0.508. The summed E-state index contributed by atoms with van der Waals surface area (Å²) in [5, 5.41) is 16.9. The van der Waals surface area contributed by atoms with E-state index < -0.39 is 0 Å².